The quantitative estimate of drug-likeness (QED) is 0.779. The van der Waals surface area contributed by atoms with Crippen LogP contribution in [0.1, 0.15) is 16.7 Å². The van der Waals surface area contributed by atoms with Gasteiger partial charge in [-0.05, 0) is 67.4 Å². The van der Waals surface area contributed by atoms with Gasteiger partial charge in [0.2, 0.25) is 0 Å². The summed E-state index contributed by atoms with van der Waals surface area (Å²) in [7, 11) is 3.29. The molecule has 0 fully saturated rings. The van der Waals surface area contributed by atoms with Crippen molar-refractivity contribution in [2.45, 2.75) is 20.3 Å². The Morgan fingerprint density at radius 3 is 2.50 bits per heavy atom. The zero-order valence-electron chi connectivity index (χ0n) is 14.6. The first-order valence-electron chi connectivity index (χ1n) is 7.87. The maximum Gasteiger partial charge on any atom is 0.170 e. The zero-order chi connectivity index (χ0) is 17.5. The monoisotopic (exact) mass is 344 g/mol. The standard InChI is InChI=1S/C19H24N2O2S/c1-13-8-9-16(12-14(13)2)21-19(24)20-11-10-15-6-5-7-17(22-3)18(15)23-4/h5-9,12H,10-11H2,1-4H3,(H2,20,21,24). The van der Waals surface area contributed by atoms with Crippen molar-refractivity contribution >= 4 is 23.0 Å². The molecule has 0 amide bonds. The molecule has 2 rings (SSSR count). The van der Waals surface area contributed by atoms with E-state index in [1.807, 2.05) is 24.3 Å². The minimum absolute atomic E-state index is 0.611. The van der Waals surface area contributed by atoms with Crippen molar-refractivity contribution in [3.05, 3.63) is 53.1 Å². The fourth-order valence-electron chi connectivity index (χ4n) is 2.46. The molecule has 0 aromatic heterocycles. The molecule has 0 heterocycles. The Morgan fingerprint density at radius 2 is 1.83 bits per heavy atom. The molecule has 5 heteroatoms. The van der Waals surface area contributed by atoms with Gasteiger partial charge in [0.15, 0.2) is 16.6 Å². The van der Waals surface area contributed by atoms with E-state index >= 15 is 0 Å². The van der Waals surface area contributed by atoms with Crippen LogP contribution in [0.4, 0.5) is 5.69 Å². The number of thiocarbonyl (C=S) groups is 1. The predicted molar refractivity (Wildman–Crippen MR) is 103 cm³/mol. The van der Waals surface area contributed by atoms with Gasteiger partial charge in [-0.1, -0.05) is 18.2 Å². The summed E-state index contributed by atoms with van der Waals surface area (Å²) >= 11 is 5.36. The Morgan fingerprint density at radius 1 is 1.04 bits per heavy atom. The molecule has 2 aromatic rings. The second kappa shape index (κ2) is 8.55. The highest BCUT2D eigenvalue weighted by Gasteiger charge is 2.09. The summed E-state index contributed by atoms with van der Waals surface area (Å²) in [6.45, 7) is 4.89. The van der Waals surface area contributed by atoms with Crippen molar-refractivity contribution in [1.29, 1.82) is 0 Å². The molecule has 0 spiro atoms. The van der Waals surface area contributed by atoms with Gasteiger partial charge in [-0.15, -0.1) is 0 Å². The second-order valence-electron chi connectivity index (χ2n) is 5.58. The summed E-state index contributed by atoms with van der Waals surface area (Å²) in [4.78, 5) is 0. The SMILES string of the molecule is COc1cccc(CCNC(=S)Nc2ccc(C)c(C)c2)c1OC. The fraction of sp³-hybridized carbons (Fsp3) is 0.316. The molecule has 0 saturated heterocycles. The highest BCUT2D eigenvalue weighted by atomic mass is 32.1. The average molecular weight is 344 g/mol. The van der Waals surface area contributed by atoms with Crippen molar-refractivity contribution < 1.29 is 9.47 Å². The number of anilines is 1. The first kappa shape index (κ1) is 18.1. The molecule has 128 valence electrons. The largest absolute Gasteiger partial charge is 0.493 e. The fourth-order valence-corrected chi connectivity index (χ4v) is 2.68. The van der Waals surface area contributed by atoms with E-state index < -0.39 is 0 Å². The summed E-state index contributed by atoms with van der Waals surface area (Å²) in [5.41, 5.74) is 4.58. The van der Waals surface area contributed by atoms with Crippen LogP contribution < -0.4 is 20.1 Å². The zero-order valence-corrected chi connectivity index (χ0v) is 15.4. The van der Waals surface area contributed by atoms with Crippen LogP contribution in [0.2, 0.25) is 0 Å². The van der Waals surface area contributed by atoms with Gasteiger partial charge in [0.1, 0.15) is 0 Å². The summed E-state index contributed by atoms with van der Waals surface area (Å²) < 4.78 is 10.8. The lowest BCUT2D eigenvalue weighted by Crippen LogP contribution is -2.30. The van der Waals surface area contributed by atoms with Gasteiger partial charge >= 0.3 is 0 Å². The Kier molecular flexibility index (Phi) is 6.44. The topological polar surface area (TPSA) is 42.5 Å². The third-order valence-electron chi connectivity index (χ3n) is 3.93. The summed E-state index contributed by atoms with van der Waals surface area (Å²) in [6, 6.07) is 12.1. The van der Waals surface area contributed by atoms with Crippen molar-refractivity contribution in [2.24, 2.45) is 0 Å². The minimum Gasteiger partial charge on any atom is -0.493 e. The normalized spacial score (nSPS) is 10.2. The van der Waals surface area contributed by atoms with E-state index in [1.165, 1.54) is 11.1 Å². The molecule has 0 atom stereocenters. The molecule has 2 N–H and O–H groups in total. The van der Waals surface area contributed by atoms with Gasteiger partial charge in [-0.2, -0.15) is 0 Å². The van der Waals surface area contributed by atoms with Crippen LogP contribution in [0, 0.1) is 13.8 Å². The molecule has 0 radical (unpaired) electrons. The molecular formula is C19H24N2O2S. The van der Waals surface area contributed by atoms with Gasteiger partial charge in [-0.25, -0.2) is 0 Å². The highest BCUT2D eigenvalue weighted by Crippen LogP contribution is 2.30. The second-order valence-corrected chi connectivity index (χ2v) is 5.99. The average Bonchev–Trinajstić information content (AvgIpc) is 2.57. The van der Waals surface area contributed by atoms with Gasteiger partial charge in [0, 0.05) is 12.2 Å². The van der Waals surface area contributed by atoms with Crippen LogP contribution in [0.15, 0.2) is 36.4 Å². The molecule has 0 aliphatic carbocycles. The van der Waals surface area contributed by atoms with Crippen LogP contribution in [-0.2, 0) is 6.42 Å². The van der Waals surface area contributed by atoms with Crippen molar-refractivity contribution in [2.75, 3.05) is 26.1 Å². The van der Waals surface area contributed by atoms with Crippen LogP contribution >= 0.6 is 12.2 Å². The van der Waals surface area contributed by atoms with Crippen molar-refractivity contribution in [1.82, 2.24) is 5.32 Å². The Balaban J connectivity index is 1.90. The van der Waals surface area contributed by atoms with Gasteiger partial charge in [0.25, 0.3) is 0 Å². The lowest BCUT2D eigenvalue weighted by Gasteiger charge is -2.14. The molecule has 0 aliphatic rings. The molecule has 2 aromatic carbocycles. The Labute approximate surface area is 149 Å². The van der Waals surface area contributed by atoms with E-state index in [2.05, 4.69) is 36.6 Å². The van der Waals surface area contributed by atoms with Crippen LogP contribution in [0.5, 0.6) is 11.5 Å². The van der Waals surface area contributed by atoms with E-state index in [0.29, 0.717) is 11.7 Å². The number of benzene rings is 2. The number of para-hydroxylation sites is 1. The number of nitrogens with one attached hydrogen (secondary N) is 2. The van der Waals surface area contributed by atoms with E-state index in [-0.39, 0.29) is 0 Å². The number of hydrogen-bond donors (Lipinski definition) is 2. The van der Waals surface area contributed by atoms with E-state index in [9.17, 15) is 0 Å². The number of hydrogen-bond acceptors (Lipinski definition) is 3. The maximum absolute atomic E-state index is 5.44. The number of methoxy groups -OCH3 is 2. The van der Waals surface area contributed by atoms with Crippen molar-refractivity contribution in [3.8, 4) is 11.5 Å². The molecule has 0 unspecified atom stereocenters. The number of ether oxygens (including phenoxy) is 2. The first-order chi connectivity index (χ1) is 11.5. The third kappa shape index (κ3) is 4.61. The Bertz CT molecular complexity index is 717. The van der Waals surface area contributed by atoms with Gasteiger partial charge in [-0.3, -0.25) is 0 Å². The lowest BCUT2D eigenvalue weighted by atomic mass is 10.1. The molecule has 24 heavy (non-hydrogen) atoms. The van der Waals surface area contributed by atoms with Gasteiger partial charge in [0.05, 0.1) is 14.2 Å². The van der Waals surface area contributed by atoms with E-state index in [4.69, 9.17) is 21.7 Å². The first-order valence-corrected chi connectivity index (χ1v) is 8.28. The molecule has 0 aliphatic heterocycles. The number of rotatable bonds is 6. The smallest absolute Gasteiger partial charge is 0.170 e. The van der Waals surface area contributed by atoms with Crippen molar-refractivity contribution in [3.63, 3.8) is 0 Å². The minimum atomic E-state index is 0.611. The van der Waals surface area contributed by atoms with Crippen LogP contribution in [0.25, 0.3) is 0 Å². The lowest BCUT2D eigenvalue weighted by molar-refractivity contribution is 0.351. The van der Waals surface area contributed by atoms with Crippen LogP contribution in [-0.4, -0.2) is 25.9 Å². The van der Waals surface area contributed by atoms with Crippen LogP contribution in [0.3, 0.4) is 0 Å². The summed E-state index contributed by atoms with van der Waals surface area (Å²) in [5, 5.41) is 7.05. The molecule has 0 bridgehead atoms. The Hall–Kier alpha value is -2.27. The summed E-state index contributed by atoms with van der Waals surface area (Å²) in [5.74, 6) is 1.51. The molecular weight excluding hydrogens is 320 g/mol. The highest BCUT2D eigenvalue weighted by molar-refractivity contribution is 7.80. The number of aryl methyl sites for hydroxylation is 2. The van der Waals surface area contributed by atoms with Gasteiger partial charge < -0.3 is 20.1 Å². The van der Waals surface area contributed by atoms with E-state index in [1.54, 1.807) is 14.2 Å². The molecule has 0 saturated carbocycles. The third-order valence-corrected chi connectivity index (χ3v) is 4.18. The predicted octanol–water partition coefficient (Wildman–Crippen LogP) is 3.85. The molecule has 4 nitrogen and oxygen atoms in total. The van der Waals surface area contributed by atoms with E-state index in [0.717, 1.165) is 29.2 Å². The summed E-state index contributed by atoms with van der Waals surface area (Å²) in [6.07, 6.45) is 0.787. The maximum atomic E-state index is 5.44.